The van der Waals surface area contributed by atoms with Crippen LogP contribution in [0.3, 0.4) is 0 Å². The number of carbonyl (C=O) groups is 1. The van der Waals surface area contributed by atoms with Gasteiger partial charge < -0.3 is 15.0 Å². The Labute approximate surface area is 142 Å². The topological polar surface area (TPSA) is 54.5 Å². The van der Waals surface area contributed by atoms with Gasteiger partial charge >= 0.3 is 6.03 Å². The van der Waals surface area contributed by atoms with Gasteiger partial charge in [-0.25, -0.2) is 14.2 Å². The predicted octanol–water partition coefficient (Wildman–Crippen LogP) is 3.22. The molecule has 1 aromatic carbocycles. The molecule has 1 atom stereocenters. The van der Waals surface area contributed by atoms with Gasteiger partial charge in [0.15, 0.2) is 0 Å². The summed E-state index contributed by atoms with van der Waals surface area (Å²) in [7, 11) is 0. The summed E-state index contributed by atoms with van der Waals surface area (Å²) in [6.45, 7) is 1.72. The Morgan fingerprint density at radius 2 is 2.43 bits per heavy atom. The Morgan fingerprint density at radius 1 is 1.57 bits per heavy atom. The Hall–Kier alpha value is -1.70. The van der Waals surface area contributed by atoms with Crippen LogP contribution in [0.1, 0.15) is 17.4 Å². The van der Waals surface area contributed by atoms with Gasteiger partial charge in [-0.15, -0.1) is 11.3 Å². The van der Waals surface area contributed by atoms with Crippen LogP contribution in [0.4, 0.5) is 9.18 Å². The molecule has 1 N–H and O–H groups in total. The minimum absolute atomic E-state index is 0.0520. The van der Waals surface area contributed by atoms with Crippen LogP contribution in [0.25, 0.3) is 0 Å². The summed E-state index contributed by atoms with van der Waals surface area (Å²) >= 11 is 7.30. The monoisotopic (exact) mass is 355 g/mol. The van der Waals surface area contributed by atoms with Crippen LogP contribution in [0.5, 0.6) is 0 Å². The molecule has 23 heavy (non-hydrogen) atoms. The maximum absolute atomic E-state index is 13.3. The van der Waals surface area contributed by atoms with E-state index in [0.717, 1.165) is 11.3 Å². The standard InChI is InChI=1S/C15H15ClFN3O2S/c16-12-5-10(1-2-13(12)17)14-7-20(3-4-22-14)15(21)18-6-11-8-23-9-19-11/h1-2,5,8-9,14H,3-4,6-7H2,(H,18,21)/t14-/m1/s1. The highest BCUT2D eigenvalue weighted by atomic mass is 35.5. The minimum Gasteiger partial charge on any atom is -0.370 e. The number of carbonyl (C=O) groups excluding carboxylic acids is 1. The Morgan fingerprint density at radius 3 is 3.17 bits per heavy atom. The van der Waals surface area contributed by atoms with Gasteiger partial charge in [0, 0.05) is 11.9 Å². The number of halogens is 2. The molecule has 0 aliphatic carbocycles. The van der Waals surface area contributed by atoms with E-state index in [9.17, 15) is 9.18 Å². The number of morpholine rings is 1. The number of ether oxygens (including phenoxy) is 1. The first-order chi connectivity index (χ1) is 11.1. The summed E-state index contributed by atoms with van der Waals surface area (Å²) < 4.78 is 18.9. The van der Waals surface area contributed by atoms with Crippen molar-refractivity contribution in [2.24, 2.45) is 0 Å². The van der Waals surface area contributed by atoms with Crippen molar-refractivity contribution < 1.29 is 13.9 Å². The largest absolute Gasteiger partial charge is 0.370 e. The zero-order valence-corrected chi connectivity index (χ0v) is 13.7. The average molecular weight is 356 g/mol. The summed E-state index contributed by atoms with van der Waals surface area (Å²) in [4.78, 5) is 18.0. The van der Waals surface area contributed by atoms with Crippen molar-refractivity contribution >= 4 is 29.0 Å². The van der Waals surface area contributed by atoms with Crippen LogP contribution in [0, 0.1) is 5.82 Å². The molecule has 2 aromatic rings. The van der Waals surface area contributed by atoms with Crippen LogP contribution in [0.2, 0.25) is 5.02 Å². The van der Waals surface area contributed by atoms with Crippen LogP contribution in [0.15, 0.2) is 29.1 Å². The molecule has 3 rings (SSSR count). The first kappa shape index (κ1) is 16.2. The lowest BCUT2D eigenvalue weighted by molar-refractivity contribution is -0.0155. The van der Waals surface area contributed by atoms with Gasteiger partial charge in [0.05, 0.1) is 35.9 Å². The van der Waals surface area contributed by atoms with Crippen LogP contribution in [-0.4, -0.2) is 35.6 Å². The predicted molar refractivity (Wildman–Crippen MR) is 86.0 cm³/mol. The number of nitrogens with zero attached hydrogens (tertiary/aromatic N) is 2. The molecule has 8 heteroatoms. The molecule has 0 radical (unpaired) electrons. The van der Waals surface area contributed by atoms with E-state index in [1.165, 1.54) is 23.5 Å². The van der Waals surface area contributed by atoms with Crippen LogP contribution < -0.4 is 5.32 Å². The smallest absolute Gasteiger partial charge is 0.317 e. The number of hydrogen-bond acceptors (Lipinski definition) is 4. The summed E-state index contributed by atoms with van der Waals surface area (Å²) in [5, 5.41) is 4.78. The Balaban J connectivity index is 1.60. The normalized spacial score (nSPS) is 18.0. The van der Waals surface area contributed by atoms with E-state index in [1.807, 2.05) is 5.38 Å². The first-order valence-corrected chi connectivity index (χ1v) is 8.42. The summed E-state index contributed by atoms with van der Waals surface area (Å²) in [5.74, 6) is -0.468. The fourth-order valence-electron chi connectivity index (χ4n) is 2.35. The van der Waals surface area contributed by atoms with E-state index in [2.05, 4.69) is 10.3 Å². The van der Waals surface area contributed by atoms with E-state index >= 15 is 0 Å². The van der Waals surface area contributed by atoms with Gasteiger partial charge in [-0.05, 0) is 17.7 Å². The Kier molecular flexibility index (Phi) is 5.09. The molecule has 5 nitrogen and oxygen atoms in total. The van der Waals surface area contributed by atoms with Crippen LogP contribution >= 0.6 is 22.9 Å². The number of nitrogens with one attached hydrogen (secondary N) is 1. The molecule has 0 spiro atoms. The third-order valence-electron chi connectivity index (χ3n) is 3.57. The van der Waals surface area contributed by atoms with Crippen molar-refractivity contribution in [3.8, 4) is 0 Å². The minimum atomic E-state index is -0.468. The number of benzene rings is 1. The molecule has 2 heterocycles. The third-order valence-corrected chi connectivity index (χ3v) is 4.50. The van der Waals surface area contributed by atoms with E-state index in [0.29, 0.717) is 26.2 Å². The zero-order chi connectivity index (χ0) is 16.2. The number of rotatable bonds is 3. The van der Waals surface area contributed by atoms with E-state index in [1.54, 1.807) is 16.5 Å². The molecule has 1 aromatic heterocycles. The highest BCUT2D eigenvalue weighted by Crippen LogP contribution is 2.26. The molecule has 1 fully saturated rings. The molecule has 0 bridgehead atoms. The average Bonchev–Trinajstić information content (AvgIpc) is 3.09. The van der Waals surface area contributed by atoms with E-state index < -0.39 is 5.82 Å². The third kappa shape index (κ3) is 3.99. The van der Waals surface area contributed by atoms with Crippen molar-refractivity contribution in [2.45, 2.75) is 12.6 Å². The van der Waals surface area contributed by atoms with E-state index in [-0.39, 0.29) is 17.2 Å². The molecule has 1 aliphatic rings. The lowest BCUT2D eigenvalue weighted by Gasteiger charge is -2.33. The lowest BCUT2D eigenvalue weighted by atomic mass is 10.1. The van der Waals surface area contributed by atoms with Crippen molar-refractivity contribution in [3.05, 3.63) is 51.2 Å². The highest BCUT2D eigenvalue weighted by molar-refractivity contribution is 7.07. The molecule has 1 aliphatic heterocycles. The SMILES string of the molecule is O=C(NCc1cscn1)N1CCO[C@@H](c2ccc(F)c(Cl)c2)C1. The number of hydrogen-bond donors (Lipinski definition) is 1. The van der Waals surface area contributed by atoms with Crippen molar-refractivity contribution in [1.29, 1.82) is 0 Å². The van der Waals surface area contributed by atoms with Crippen LogP contribution in [-0.2, 0) is 11.3 Å². The van der Waals surface area contributed by atoms with Crippen molar-refractivity contribution in [2.75, 3.05) is 19.7 Å². The second kappa shape index (κ2) is 7.25. The van der Waals surface area contributed by atoms with Crippen molar-refractivity contribution in [1.82, 2.24) is 15.2 Å². The first-order valence-electron chi connectivity index (χ1n) is 7.10. The van der Waals surface area contributed by atoms with E-state index in [4.69, 9.17) is 16.3 Å². The zero-order valence-electron chi connectivity index (χ0n) is 12.2. The fraction of sp³-hybridized carbons (Fsp3) is 0.333. The maximum Gasteiger partial charge on any atom is 0.317 e. The highest BCUT2D eigenvalue weighted by Gasteiger charge is 2.25. The summed E-state index contributed by atoms with van der Waals surface area (Å²) in [6.07, 6.45) is -0.313. The fourth-order valence-corrected chi connectivity index (χ4v) is 3.10. The number of aromatic nitrogens is 1. The molecular weight excluding hydrogens is 341 g/mol. The summed E-state index contributed by atoms with van der Waals surface area (Å²) in [6, 6.07) is 4.31. The molecule has 2 amide bonds. The maximum atomic E-state index is 13.3. The molecule has 0 unspecified atom stereocenters. The van der Waals surface area contributed by atoms with Gasteiger partial charge in [0.25, 0.3) is 0 Å². The quantitative estimate of drug-likeness (QED) is 0.919. The lowest BCUT2D eigenvalue weighted by Crippen LogP contribution is -2.47. The van der Waals surface area contributed by atoms with Gasteiger partial charge in [0.2, 0.25) is 0 Å². The number of thiazole rings is 1. The molecular formula is C15H15ClFN3O2S. The summed E-state index contributed by atoms with van der Waals surface area (Å²) in [5.41, 5.74) is 3.32. The Bertz CT molecular complexity index is 683. The molecule has 1 saturated heterocycles. The van der Waals surface area contributed by atoms with Crippen molar-refractivity contribution in [3.63, 3.8) is 0 Å². The number of urea groups is 1. The van der Waals surface area contributed by atoms with Gasteiger partial charge in [-0.3, -0.25) is 0 Å². The molecule has 122 valence electrons. The van der Waals surface area contributed by atoms with Gasteiger partial charge in [-0.1, -0.05) is 17.7 Å². The molecule has 0 saturated carbocycles. The number of amides is 2. The second-order valence-electron chi connectivity index (χ2n) is 5.12. The van der Waals surface area contributed by atoms with Gasteiger partial charge in [0.1, 0.15) is 11.9 Å². The van der Waals surface area contributed by atoms with Gasteiger partial charge in [-0.2, -0.15) is 0 Å². The second-order valence-corrected chi connectivity index (χ2v) is 6.24.